The largest absolute Gasteiger partial charge is 0.508 e. The lowest BCUT2D eigenvalue weighted by Gasteiger charge is -2.31. The van der Waals surface area contributed by atoms with Crippen LogP contribution in [-0.2, 0) is 19.4 Å². The zero-order valence-electron chi connectivity index (χ0n) is 13.5. The van der Waals surface area contributed by atoms with E-state index in [0.29, 0.717) is 18.3 Å². The van der Waals surface area contributed by atoms with Gasteiger partial charge in [-0.25, -0.2) is 4.99 Å². The number of hydrogen-bond acceptors (Lipinski definition) is 2. The summed E-state index contributed by atoms with van der Waals surface area (Å²) >= 11 is 0. The van der Waals surface area contributed by atoms with Crippen LogP contribution in [0.1, 0.15) is 49.3 Å². The molecule has 4 nitrogen and oxygen atoms in total. The Kier molecular flexibility index (Phi) is 4.55. The highest BCUT2D eigenvalue weighted by atomic mass is 16.3. The number of phenols is 1. The van der Waals surface area contributed by atoms with Gasteiger partial charge in [0.05, 0.1) is 6.54 Å². The summed E-state index contributed by atoms with van der Waals surface area (Å²) in [6.07, 6.45) is 6.98. The molecule has 22 heavy (non-hydrogen) atoms. The van der Waals surface area contributed by atoms with Crippen LogP contribution in [0.3, 0.4) is 0 Å². The molecule has 0 spiro atoms. The third-order valence-corrected chi connectivity index (χ3v) is 5.13. The molecule has 1 heterocycles. The van der Waals surface area contributed by atoms with Crippen molar-refractivity contribution in [2.45, 2.75) is 52.0 Å². The number of phenolic OH excluding ortho intramolecular Hbond substituents is 1. The van der Waals surface area contributed by atoms with Gasteiger partial charge in [0.25, 0.3) is 0 Å². The van der Waals surface area contributed by atoms with Crippen LogP contribution in [-0.4, -0.2) is 29.1 Å². The molecule has 1 aromatic rings. The molecule has 0 amide bonds. The Hall–Kier alpha value is -1.71. The van der Waals surface area contributed by atoms with Gasteiger partial charge in [-0.15, -0.1) is 0 Å². The molecule has 3 rings (SSSR count). The highest BCUT2D eigenvalue weighted by molar-refractivity contribution is 5.78. The fourth-order valence-corrected chi connectivity index (χ4v) is 3.57. The highest BCUT2D eigenvalue weighted by Gasteiger charge is 2.19. The number of piperidine rings is 1. The maximum Gasteiger partial charge on any atom is 0.191 e. The number of aromatic hydroxyl groups is 1. The maximum atomic E-state index is 10.2. The summed E-state index contributed by atoms with van der Waals surface area (Å²) in [7, 11) is 0. The number of fused-ring (bicyclic) bond motifs is 1. The smallest absolute Gasteiger partial charge is 0.191 e. The van der Waals surface area contributed by atoms with Crippen molar-refractivity contribution in [2.24, 2.45) is 16.6 Å². The van der Waals surface area contributed by atoms with Crippen LogP contribution < -0.4 is 5.73 Å². The summed E-state index contributed by atoms with van der Waals surface area (Å²) in [5.41, 5.74) is 9.82. The maximum absolute atomic E-state index is 10.2. The number of guanidine groups is 1. The Morgan fingerprint density at radius 2 is 2.00 bits per heavy atom. The van der Waals surface area contributed by atoms with E-state index in [0.717, 1.165) is 37.4 Å². The first-order valence-electron chi connectivity index (χ1n) is 8.52. The van der Waals surface area contributed by atoms with Gasteiger partial charge in [0.2, 0.25) is 0 Å². The van der Waals surface area contributed by atoms with E-state index >= 15 is 0 Å². The average Bonchev–Trinajstić information content (AvgIpc) is 2.54. The second-order valence-corrected chi connectivity index (χ2v) is 6.75. The third kappa shape index (κ3) is 3.21. The number of aliphatic imine (C=N–C) groups is 1. The third-order valence-electron chi connectivity index (χ3n) is 5.13. The van der Waals surface area contributed by atoms with Gasteiger partial charge in [0.15, 0.2) is 5.96 Å². The number of nitrogens with two attached hydrogens (primary N) is 1. The topological polar surface area (TPSA) is 61.8 Å². The van der Waals surface area contributed by atoms with Gasteiger partial charge in [-0.1, -0.05) is 13.0 Å². The van der Waals surface area contributed by atoms with Crippen molar-refractivity contribution in [3.05, 3.63) is 28.8 Å². The molecule has 3 N–H and O–H groups in total. The zero-order chi connectivity index (χ0) is 15.5. The molecule has 1 fully saturated rings. The molecule has 0 saturated carbocycles. The Bertz CT molecular complexity index is 560. The number of likely N-dealkylation sites (tertiary alicyclic amines) is 1. The van der Waals surface area contributed by atoms with Crippen LogP contribution in [0.2, 0.25) is 0 Å². The molecule has 1 aliphatic heterocycles. The first-order chi connectivity index (χ1) is 10.6. The average molecular weight is 301 g/mol. The molecule has 0 unspecified atom stereocenters. The number of hydrogen-bond donors (Lipinski definition) is 2. The fourth-order valence-electron chi connectivity index (χ4n) is 3.57. The Labute approximate surface area is 133 Å². The van der Waals surface area contributed by atoms with Gasteiger partial charge in [-0.3, -0.25) is 0 Å². The van der Waals surface area contributed by atoms with Gasteiger partial charge >= 0.3 is 0 Å². The molecule has 4 heteroatoms. The Balaban J connectivity index is 1.74. The lowest BCUT2D eigenvalue weighted by atomic mass is 9.88. The van der Waals surface area contributed by atoms with E-state index in [-0.39, 0.29) is 0 Å². The zero-order valence-corrected chi connectivity index (χ0v) is 13.5. The first-order valence-corrected chi connectivity index (χ1v) is 8.52. The van der Waals surface area contributed by atoms with E-state index in [1.165, 1.54) is 36.8 Å². The number of aryl methyl sites for hydroxylation is 1. The molecule has 120 valence electrons. The summed E-state index contributed by atoms with van der Waals surface area (Å²) in [6, 6.07) is 3.88. The van der Waals surface area contributed by atoms with Crippen molar-refractivity contribution in [3.8, 4) is 5.75 Å². The molecule has 1 aromatic carbocycles. The van der Waals surface area contributed by atoms with Crippen molar-refractivity contribution >= 4 is 5.96 Å². The fraction of sp³-hybridized carbons (Fsp3) is 0.611. The first kappa shape index (κ1) is 15.2. The quantitative estimate of drug-likeness (QED) is 0.652. The number of benzene rings is 1. The van der Waals surface area contributed by atoms with Crippen LogP contribution in [0.5, 0.6) is 5.75 Å². The van der Waals surface area contributed by atoms with Crippen molar-refractivity contribution < 1.29 is 5.11 Å². The van der Waals surface area contributed by atoms with Crippen molar-refractivity contribution in [3.63, 3.8) is 0 Å². The van der Waals surface area contributed by atoms with Gasteiger partial charge in [-0.05, 0) is 61.6 Å². The van der Waals surface area contributed by atoms with Crippen molar-refractivity contribution in [2.75, 3.05) is 13.1 Å². The van der Waals surface area contributed by atoms with Gasteiger partial charge in [0, 0.05) is 18.7 Å². The van der Waals surface area contributed by atoms with Crippen molar-refractivity contribution in [1.29, 1.82) is 0 Å². The lowest BCUT2D eigenvalue weighted by molar-refractivity contribution is 0.277. The van der Waals surface area contributed by atoms with E-state index in [1.54, 1.807) is 0 Å². The number of nitrogens with zero attached hydrogens (tertiary/aromatic N) is 2. The molecular weight excluding hydrogens is 274 g/mol. The molecule has 1 aliphatic carbocycles. The molecule has 1 saturated heterocycles. The van der Waals surface area contributed by atoms with Crippen LogP contribution >= 0.6 is 0 Å². The molecule has 0 bridgehead atoms. The second-order valence-electron chi connectivity index (χ2n) is 6.75. The molecule has 2 aliphatic rings. The predicted octanol–water partition coefficient (Wildman–Crippen LogP) is 2.82. The minimum absolute atomic E-state index is 0.365. The van der Waals surface area contributed by atoms with Crippen LogP contribution in [0, 0.1) is 5.92 Å². The minimum Gasteiger partial charge on any atom is -0.508 e. The van der Waals surface area contributed by atoms with E-state index in [4.69, 9.17) is 5.73 Å². The molecular formula is C18H27N3O. The van der Waals surface area contributed by atoms with Gasteiger partial charge in [0.1, 0.15) is 5.75 Å². The second kappa shape index (κ2) is 6.59. The van der Waals surface area contributed by atoms with E-state index in [2.05, 4.69) is 22.9 Å². The molecule has 0 aromatic heterocycles. The Morgan fingerprint density at radius 1 is 1.27 bits per heavy atom. The van der Waals surface area contributed by atoms with Crippen LogP contribution in [0.25, 0.3) is 0 Å². The standard InChI is InChI=1S/C18H27N3O/c1-13-8-10-21(11-9-13)18(19)20-12-16-15-5-3-2-4-14(15)6-7-17(16)22/h6-7,13,22H,2-5,8-12H2,1H3,(H2,19,20). The SMILES string of the molecule is CC1CCN(C(N)=NCc2c(O)ccc3c2CCCC3)CC1. The summed E-state index contributed by atoms with van der Waals surface area (Å²) in [5.74, 6) is 1.78. The lowest BCUT2D eigenvalue weighted by Crippen LogP contribution is -2.42. The summed E-state index contributed by atoms with van der Waals surface area (Å²) in [5, 5.41) is 10.2. The van der Waals surface area contributed by atoms with E-state index < -0.39 is 0 Å². The summed E-state index contributed by atoms with van der Waals surface area (Å²) < 4.78 is 0. The molecule has 0 radical (unpaired) electrons. The van der Waals surface area contributed by atoms with Crippen LogP contribution in [0.15, 0.2) is 17.1 Å². The Morgan fingerprint density at radius 3 is 2.77 bits per heavy atom. The van der Waals surface area contributed by atoms with Gasteiger partial charge < -0.3 is 15.7 Å². The number of rotatable bonds is 2. The van der Waals surface area contributed by atoms with Gasteiger partial charge in [-0.2, -0.15) is 0 Å². The van der Waals surface area contributed by atoms with Crippen LogP contribution in [0.4, 0.5) is 0 Å². The van der Waals surface area contributed by atoms with E-state index in [1.807, 2.05) is 6.07 Å². The highest BCUT2D eigenvalue weighted by Crippen LogP contribution is 2.31. The normalized spacial score (nSPS) is 20.0. The monoisotopic (exact) mass is 301 g/mol. The summed E-state index contributed by atoms with van der Waals surface area (Å²) in [4.78, 5) is 6.75. The summed E-state index contributed by atoms with van der Waals surface area (Å²) in [6.45, 7) is 4.77. The van der Waals surface area contributed by atoms with E-state index in [9.17, 15) is 5.11 Å². The van der Waals surface area contributed by atoms with Crippen molar-refractivity contribution in [1.82, 2.24) is 4.90 Å². The predicted molar refractivity (Wildman–Crippen MR) is 90.0 cm³/mol. The minimum atomic E-state index is 0.365. The molecule has 0 atom stereocenters.